The average Bonchev–Trinajstić information content (AvgIpc) is 3.13. The molecule has 1 saturated heterocycles. The van der Waals surface area contributed by atoms with Gasteiger partial charge in [-0.2, -0.15) is 0 Å². The van der Waals surface area contributed by atoms with Crippen molar-refractivity contribution in [2.24, 2.45) is 0 Å². The van der Waals surface area contributed by atoms with Crippen molar-refractivity contribution in [1.29, 1.82) is 0 Å². The highest BCUT2D eigenvalue weighted by atomic mass is 32.2. The molecule has 134 valence electrons. The lowest BCUT2D eigenvalue weighted by molar-refractivity contribution is -0.139. The molecule has 1 aliphatic rings. The first kappa shape index (κ1) is 17.7. The van der Waals surface area contributed by atoms with Gasteiger partial charge in [-0.25, -0.2) is 13.9 Å². The Hall–Kier alpha value is -2.16. The highest BCUT2D eigenvalue weighted by Gasteiger charge is 2.46. The summed E-state index contributed by atoms with van der Waals surface area (Å²) < 4.78 is 36.6. The van der Waals surface area contributed by atoms with Gasteiger partial charge in [0.15, 0.2) is 0 Å². The number of nitrogens with one attached hydrogen (secondary N) is 1. The number of benzene rings is 1. The van der Waals surface area contributed by atoms with Crippen LogP contribution in [0.15, 0.2) is 51.0 Å². The summed E-state index contributed by atoms with van der Waals surface area (Å²) in [6, 6.07) is 7.86. The molecule has 7 nitrogen and oxygen atoms in total. The molecule has 0 saturated carbocycles. The third-order valence-electron chi connectivity index (χ3n) is 4.60. The second-order valence-corrected chi connectivity index (χ2v) is 7.92. The molecular formula is C17H19NO6S. The summed E-state index contributed by atoms with van der Waals surface area (Å²) >= 11 is 0. The summed E-state index contributed by atoms with van der Waals surface area (Å²) in [6.07, 6.45) is 1.74. The van der Waals surface area contributed by atoms with Crippen LogP contribution in [0.5, 0.6) is 0 Å². The van der Waals surface area contributed by atoms with E-state index in [4.69, 9.17) is 9.15 Å². The first-order chi connectivity index (χ1) is 11.9. The Bertz CT molecular complexity index is 863. The number of aryl methyl sites for hydroxylation is 1. The number of carbonyl (C=O) groups excluding carboxylic acids is 1. The van der Waals surface area contributed by atoms with Gasteiger partial charge in [-0.15, -0.1) is 0 Å². The Kier molecular flexibility index (Phi) is 4.68. The molecular weight excluding hydrogens is 346 g/mol. The fourth-order valence-electron chi connectivity index (χ4n) is 3.13. The maximum absolute atomic E-state index is 13.0. The van der Waals surface area contributed by atoms with E-state index in [1.54, 1.807) is 17.6 Å². The number of amides is 1. The van der Waals surface area contributed by atoms with Crippen LogP contribution in [-0.2, 0) is 24.8 Å². The summed E-state index contributed by atoms with van der Waals surface area (Å²) in [4.78, 5) is 12.5. The van der Waals surface area contributed by atoms with E-state index in [-0.39, 0.29) is 41.6 Å². The molecule has 25 heavy (non-hydrogen) atoms. The van der Waals surface area contributed by atoms with E-state index < -0.39 is 21.2 Å². The average molecular weight is 365 g/mol. The fourth-order valence-corrected chi connectivity index (χ4v) is 4.57. The largest absolute Gasteiger partial charge is 0.452 e. The zero-order valence-electron chi connectivity index (χ0n) is 13.7. The zero-order chi connectivity index (χ0) is 18.1. The normalized spacial score (nSPS) is 17.2. The lowest BCUT2D eigenvalue weighted by Crippen LogP contribution is -2.47. The smallest absolute Gasteiger partial charge is 0.254 e. The number of hydroxylamine groups is 1. The van der Waals surface area contributed by atoms with Crippen LogP contribution >= 0.6 is 0 Å². The summed E-state index contributed by atoms with van der Waals surface area (Å²) in [5.41, 5.74) is 1.61. The number of ether oxygens (including phenoxy) is 1. The summed E-state index contributed by atoms with van der Waals surface area (Å²) in [6.45, 7) is 2.42. The molecule has 1 amide bonds. The van der Waals surface area contributed by atoms with Crippen molar-refractivity contribution in [3.8, 4) is 0 Å². The van der Waals surface area contributed by atoms with Crippen molar-refractivity contribution in [3.05, 3.63) is 47.7 Å². The van der Waals surface area contributed by atoms with E-state index in [2.05, 4.69) is 0 Å². The van der Waals surface area contributed by atoms with Gasteiger partial charge in [0.1, 0.15) is 0 Å². The van der Waals surface area contributed by atoms with Crippen LogP contribution in [0.1, 0.15) is 24.0 Å². The number of hydrogen-bond donors (Lipinski definition) is 2. The molecule has 0 atom stereocenters. The molecule has 1 aromatic heterocycles. The topological polar surface area (TPSA) is 106 Å². The van der Waals surface area contributed by atoms with Gasteiger partial charge in [0.05, 0.1) is 16.6 Å². The molecule has 1 aliphatic heterocycles. The summed E-state index contributed by atoms with van der Waals surface area (Å²) in [5.74, 6) is -0.669. The van der Waals surface area contributed by atoms with Crippen molar-refractivity contribution in [3.63, 3.8) is 0 Å². The zero-order valence-corrected chi connectivity index (χ0v) is 14.5. The molecule has 1 fully saturated rings. The third kappa shape index (κ3) is 2.97. The van der Waals surface area contributed by atoms with Gasteiger partial charge in [-0.05, 0) is 38.0 Å². The maximum Gasteiger partial charge on any atom is 0.254 e. The first-order valence-corrected chi connectivity index (χ1v) is 9.32. The predicted octanol–water partition coefficient (Wildman–Crippen LogP) is 1.97. The lowest BCUT2D eigenvalue weighted by Gasteiger charge is -2.34. The molecule has 0 bridgehead atoms. The van der Waals surface area contributed by atoms with E-state index >= 15 is 0 Å². The van der Waals surface area contributed by atoms with E-state index in [1.165, 1.54) is 24.5 Å². The van der Waals surface area contributed by atoms with Crippen molar-refractivity contribution in [2.45, 2.75) is 35.2 Å². The number of hydrogen-bond acceptors (Lipinski definition) is 6. The second-order valence-electron chi connectivity index (χ2n) is 6.07. The third-order valence-corrected chi connectivity index (χ3v) is 6.30. The molecule has 0 aliphatic carbocycles. The molecule has 2 aromatic rings. The molecule has 2 N–H and O–H groups in total. The van der Waals surface area contributed by atoms with Crippen molar-refractivity contribution < 1.29 is 27.6 Å². The lowest BCUT2D eigenvalue weighted by atomic mass is 9.74. The molecule has 8 heteroatoms. The number of sulfone groups is 1. The molecule has 3 rings (SSSR count). The molecule has 2 heterocycles. The Morgan fingerprint density at radius 2 is 1.80 bits per heavy atom. The minimum absolute atomic E-state index is 0.0842. The van der Waals surface area contributed by atoms with Gasteiger partial charge in [0, 0.05) is 18.8 Å². The highest BCUT2D eigenvalue weighted by Crippen LogP contribution is 2.40. The SMILES string of the molecule is Cc1ccc(S(=O)(=O)c2occc2C2(C(=O)NO)CCOCC2)cc1. The van der Waals surface area contributed by atoms with E-state index in [0.717, 1.165) is 5.56 Å². The quantitative estimate of drug-likeness (QED) is 0.634. The van der Waals surface area contributed by atoms with Crippen LogP contribution in [-0.4, -0.2) is 32.7 Å². The minimum Gasteiger partial charge on any atom is -0.452 e. The molecule has 0 spiro atoms. The van der Waals surface area contributed by atoms with Crippen LogP contribution in [0, 0.1) is 6.92 Å². The van der Waals surface area contributed by atoms with Gasteiger partial charge < -0.3 is 9.15 Å². The van der Waals surface area contributed by atoms with Crippen molar-refractivity contribution >= 4 is 15.7 Å². The second kappa shape index (κ2) is 6.62. The molecule has 0 unspecified atom stereocenters. The van der Waals surface area contributed by atoms with Gasteiger partial charge in [0.2, 0.25) is 14.9 Å². The molecule has 0 radical (unpaired) electrons. The van der Waals surface area contributed by atoms with Gasteiger partial charge in [0.25, 0.3) is 5.91 Å². The Balaban J connectivity index is 2.13. The number of rotatable bonds is 4. The fraction of sp³-hybridized carbons (Fsp3) is 0.353. The van der Waals surface area contributed by atoms with Gasteiger partial charge in [-0.1, -0.05) is 17.7 Å². The Labute approximate surface area is 145 Å². The van der Waals surface area contributed by atoms with Crippen LogP contribution < -0.4 is 5.48 Å². The highest BCUT2D eigenvalue weighted by molar-refractivity contribution is 7.91. The predicted molar refractivity (Wildman–Crippen MR) is 87.0 cm³/mol. The van der Waals surface area contributed by atoms with Gasteiger partial charge in [-0.3, -0.25) is 10.0 Å². The monoisotopic (exact) mass is 365 g/mol. The van der Waals surface area contributed by atoms with E-state index in [0.29, 0.717) is 0 Å². The standard InChI is InChI=1S/C17H19NO6S/c1-12-2-4-13(5-3-12)25(21,22)15-14(6-9-24-15)17(16(19)18-20)7-10-23-11-8-17/h2-6,9,20H,7-8,10-11H2,1H3,(H,18,19). The van der Waals surface area contributed by atoms with Crippen molar-refractivity contribution in [2.75, 3.05) is 13.2 Å². The van der Waals surface area contributed by atoms with E-state index in [9.17, 15) is 18.4 Å². The Morgan fingerprint density at radius 1 is 1.16 bits per heavy atom. The molecule has 1 aromatic carbocycles. The number of carbonyl (C=O) groups is 1. The first-order valence-electron chi connectivity index (χ1n) is 7.84. The minimum atomic E-state index is -3.94. The maximum atomic E-state index is 13.0. The van der Waals surface area contributed by atoms with E-state index in [1.807, 2.05) is 6.92 Å². The van der Waals surface area contributed by atoms with Crippen molar-refractivity contribution in [1.82, 2.24) is 5.48 Å². The van der Waals surface area contributed by atoms with Crippen LogP contribution in [0.4, 0.5) is 0 Å². The Morgan fingerprint density at radius 3 is 2.40 bits per heavy atom. The van der Waals surface area contributed by atoms with Gasteiger partial charge >= 0.3 is 0 Å². The van der Waals surface area contributed by atoms with Crippen LogP contribution in [0.25, 0.3) is 0 Å². The number of furan rings is 1. The van der Waals surface area contributed by atoms with Crippen LogP contribution in [0.3, 0.4) is 0 Å². The summed E-state index contributed by atoms with van der Waals surface area (Å²) in [7, 11) is -3.94. The van der Waals surface area contributed by atoms with Crippen LogP contribution in [0.2, 0.25) is 0 Å². The summed E-state index contributed by atoms with van der Waals surface area (Å²) in [5, 5.41) is 8.90.